The molecule has 2 heteroatoms. The van der Waals surface area contributed by atoms with E-state index in [1.54, 1.807) is 0 Å². The first-order valence-corrected chi connectivity index (χ1v) is 5.40. The molecule has 0 amide bonds. The molecule has 1 aromatic heterocycles. The van der Waals surface area contributed by atoms with E-state index in [0.29, 0.717) is 0 Å². The summed E-state index contributed by atoms with van der Waals surface area (Å²) < 4.78 is 0. The highest BCUT2D eigenvalue weighted by Gasteiger charge is 1.99. The van der Waals surface area contributed by atoms with Crippen LogP contribution >= 0.6 is 0 Å². The summed E-state index contributed by atoms with van der Waals surface area (Å²) >= 11 is 0. The Morgan fingerprint density at radius 2 is 1.85 bits per heavy atom. The summed E-state index contributed by atoms with van der Waals surface area (Å²) in [6.07, 6.45) is 7.28. The zero-order valence-electron chi connectivity index (χ0n) is 8.77. The van der Waals surface area contributed by atoms with Crippen LogP contribution in [0.15, 0.2) is 6.07 Å². The molecule has 0 saturated carbocycles. The van der Waals surface area contributed by atoms with E-state index in [-0.39, 0.29) is 0 Å². The molecule has 2 nitrogen and oxygen atoms in total. The smallest absolute Gasteiger partial charge is 0.0625 e. The largest absolute Gasteiger partial charge is 0.282 e. The van der Waals surface area contributed by atoms with Crippen LogP contribution in [0.2, 0.25) is 0 Å². The number of nitrogens with one attached hydrogen (secondary N) is 1. The van der Waals surface area contributed by atoms with Crippen molar-refractivity contribution in [2.24, 2.45) is 0 Å². The van der Waals surface area contributed by atoms with Crippen molar-refractivity contribution in [2.45, 2.75) is 52.4 Å². The van der Waals surface area contributed by atoms with Crippen LogP contribution in [0.3, 0.4) is 0 Å². The van der Waals surface area contributed by atoms with Crippen molar-refractivity contribution in [3.05, 3.63) is 17.5 Å². The van der Waals surface area contributed by atoms with Gasteiger partial charge in [-0.05, 0) is 31.7 Å². The maximum absolute atomic E-state index is 4.28. The van der Waals surface area contributed by atoms with Gasteiger partial charge in [0.1, 0.15) is 0 Å². The lowest BCUT2D eigenvalue weighted by molar-refractivity contribution is 0.763. The molecule has 0 atom stereocenters. The Kier molecular flexibility index (Phi) is 4.58. The minimum atomic E-state index is 1.12. The second-order valence-corrected chi connectivity index (χ2v) is 3.59. The van der Waals surface area contributed by atoms with Crippen LogP contribution < -0.4 is 0 Å². The van der Waals surface area contributed by atoms with Crippen molar-refractivity contribution < 1.29 is 0 Å². The molecule has 0 saturated heterocycles. The minimum absolute atomic E-state index is 1.12. The van der Waals surface area contributed by atoms with Crippen LogP contribution in [0, 0.1) is 0 Å². The molecule has 1 N–H and O–H groups in total. The molecule has 0 aliphatic carbocycles. The summed E-state index contributed by atoms with van der Waals surface area (Å²) in [5.41, 5.74) is 2.53. The lowest BCUT2D eigenvalue weighted by Gasteiger charge is -1.92. The topological polar surface area (TPSA) is 28.7 Å². The standard InChI is InChI=1S/C11H20N2/c1-3-5-7-10-9-11(13-12-10)8-6-4-2/h9H,3-8H2,1-2H3,(H,12,13). The van der Waals surface area contributed by atoms with E-state index in [0.717, 1.165) is 12.8 Å². The van der Waals surface area contributed by atoms with Gasteiger partial charge in [0.2, 0.25) is 0 Å². The molecule has 0 radical (unpaired) electrons. The van der Waals surface area contributed by atoms with Crippen molar-refractivity contribution in [3.63, 3.8) is 0 Å². The van der Waals surface area contributed by atoms with Crippen molar-refractivity contribution in [3.8, 4) is 0 Å². The van der Waals surface area contributed by atoms with E-state index < -0.39 is 0 Å². The molecule has 1 aromatic rings. The average Bonchev–Trinajstić information content (AvgIpc) is 2.59. The fourth-order valence-electron chi connectivity index (χ4n) is 1.39. The summed E-state index contributed by atoms with van der Waals surface area (Å²) in [5.74, 6) is 0. The van der Waals surface area contributed by atoms with Crippen molar-refractivity contribution >= 4 is 0 Å². The number of rotatable bonds is 6. The number of nitrogens with zero attached hydrogens (tertiary/aromatic N) is 1. The Labute approximate surface area is 80.7 Å². The van der Waals surface area contributed by atoms with E-state index in [2.05, 4.69) is 30.1 Å². The first kappa shape index (κ1) is 10.3. The van der Waals surface area contributed by atoms with Gasteiger partial charge in [-0.15, -0.1) is 0 Å². The van der Waals surface area contributed by atoms with Crippen LogP contribution in [-0.2, 0) is 12.8 Å². The van der Waals surface area contributed by atoms with Crippen molar-refractivity contribution in [2.75, 3.05) is 0 Å². The third-order valence-corrected chi connectivity index (χ3v) is 2.27. The SMILES string of the molecule is CCCCc1cc(CCCC)[nH]n1. The highest BCUT2D eigenvalue weighted by molar-refractivity contribution is 5.08. The zero-order valence-corrected chi connectivity index (χ0v) is 8.77. The van der Waals surface area contributed by atoms with E-state index >= 15 is 0 Å². The Balaban J connectivity index is 2.34. The summed E-state index contributed by atoms with van der Waals surface area (Å²) in [7, 11) is 0. The molecular formula is C11H20N2. The maximum atomic E-state index is 4.28. The number of H-pyrrole nitrogens is 1. The molecule has 0 spiro atoms. The molecule has 74 valence electrons. The first-order chi connectivity index (χ1) is 6.36. The fraction of sp³-hybridized carbons (Fsp3) is 0.727. The second kappa shape index (κ2) is 5.79. The molecule has 0 aliphatic heterocycles. The number of aryl methyl sites for hydroxylation is 2. The van der Waals surface area contributed by atoms with Gasteiger partial charge in [0.15, 0.2) is 0 Å². The maximum Gasteiger partial charge on any atom is 0.0625 e. The van der Waals surface area contributed by atoms with E-state index in [9.17, 15) is 0 Å². The Morgan fingerprint density at radius 1 is 1.15 bits per heavy atom. The van der Waals surface area contributed by atoms with Crippen LogP contribution in [0.4, 0.5) is 0 Å². The van der Waals surface area contributed by atoms with Crippen molar-refractivity contribution in [1.82, 2.24) is 10.2 Å². The molecule has 1 rings (SSSR count). The molecule has 0 aromatic carbocycles. The summed E-state index contributed by atoms with van der Waals surface area (Å²) in [6.45, 7) is 4.43. The van der Waals surface area contributed by atoms with Gasteiger partial charge >= 0.3 is 0 Å². The van der Waals surface area contributed by atoms with Gasteiger partial charge in [0.25, 0.3) is 0 Å². The van der Waals surface area contributed by atoms with Gasteiger partial charge in [-0.25, -0.2) is 0 Å². The Bertz CT molecular complexity index is 205. The lowest BCUT2D eigenvalue weighted by atomic mass is 10.1. The average molecular weight is 180 g/mol. The normalized spacial score (nSPS) is 10.6. The first-order valence-electron chi connectivity index (χ1n) is 5.40. The predicted octanol–water partition coefficient (Wildman–Crippen LogP) is 3.09. The number of unbranched alkanes of at least 4 members (excludes halogenated alkanes) is 2. The summed E-state index contributed by atoms with van der Waals surface area (Å²) in [6, 6.07) is 2.21. The van der Waals surface area contributed by atoms with E-state index in [1.807, 2.05) is 0 Å². The van der Waals surface area contributed by atoms with Gasteiger partial charge in [-0.1, -0.05) is 26.7 Å². The molecule has 1 heterocycles. The third kappa shape index (κ3) is 3.62. The van der Waals surface area contributed by atoms with Crippen LogP contribution in [-0.4, -0.2) is 10.2 Å². The molecule has 0 aliphatic rings. The van der Waals surface area contributed by atoms with Crippen molar-refractivity contribution in [1.29, 1.82) is 0 Å². The molecule has 0 bridgehead atoms. The van der Waals surface area contributed by atoms with Gasteiger partial charge < -0.3 is 0 Å². The number of hydrogen-bond donors (Lipinski definition) is 1. The van der Waals surface area contributed by atoms with E-state index in [1.165, 1.54) is 37.1 Å². The predicted molar refractivity (Wildman–Crippen MR) is 55.8 cm³/mol. The Hall–Kier alpha value is -0.790. The summed E-state index contributed by atoms with van der Waals surface area (Å²) in [5, 5.41) is 7.38. The molecule has 0 unspecified atom stereocenters. The van der Waals surface area contributed by atoms with Gasteiger partial charge in [0, 0.05) is 5.69 Å². The second-order valence-electron chi connectivity index (χ2n) is 3.59. The number of hydrogen-bond acceptors (Lipinski definition) is 1. The van der Waals surface area contributed by atoms with Crippen LogP contribution in [0.25, 0.3) is 0 Å². The van der Waals surface area contributed by atoms with Crippen LogP contribution in [0.5, 0.6) is 0 Å². The highest BCUT2D eigenvalue weighted by Crippen LogP contribution is 2.06. The molecular weight excluding hydrogens is 160 g/mol. The minimum Gasteiger partial charge on any atom is -0.282 e. The number of aromatic amines is 1. The number of aromatic nitrogens is 2. The Morgan fingerprint density at radius 3 is 2.54 bits per heavy atom. The quantitative estimate of drug-likeness (QED) is 0.716. The summed E-state index contributed by atoms with van der Waals surface area (Å²) in [4.78, 5) is 0. The van der Waals surface area contributed by atoms with Gasteiger partial charge in [-0.2, -0.15) is 5.10 Å². The highest BCUT2D eigenvalue weighted by atomic mass is 15.1. The molecule has 13 heavy (non-hydrogen) atoms. The fourth-order valence-corrected chi connectivity index (χ4v) is 1.39. The monoisotopic (exact) mass is 180 g/mol. The molecule has 0 fully saturated rings. The van der Waals surface area contributed by atoms with E-state index in [4.69, 9.17) is 0 Å². The van der Waals surface area contributed by atoms with Crippen LogP contribution in [0.1, 0.15) is 50.9 Å². The van der Waals surface area contributed by atoms with Gasteiger partial charge in [-0.3, -0.25) is 5.10 Å². The third-order valence-electron chi connectivity index (χ3n) is 2.27. The van der Waals surface area contributed by atoms with Gasteiger partial charge in [0.05, 0.1) is 5.69 Å². The zero-order chi connectivity index (χ0) is 9.52. The lowest BCUT2D eigenvalue weighted by Crippen LogP contribution is -1.83.